The maximum Gasteiger partial charge on any atom is 0.319 e. The molecule has 3 atom stereocenters. The Morgan fingerprint density at radius 1 is 1.32 bits per heavy atom. The van der Waals surface area contributed by atoms with Crippen molar-refractivity contribution in [1.82, 2.24) is 19.9 Å². The number of nitrogens with zero attached hydrogens (tertiary/aromatic N) is 5. The highest BCUT2D eigenvalue weighted by Gasteiger charge is 2.49. The van der Waals surface area contributed by atoms with Gasteiger partial charge < -0.3 is 19.5 Å². The molecule has 168 valence electrons. The van der Waals surface area contributed by atoms with E-state index in [1.807, 2.05) is 0 Å². The molecule has 8 nitrogen and oxygen atoms in total. The van der Waals surface area contributed by atoms with Gasteiger partial charge in [0.1, 0.15) is 24.1 Å². The number of hydrogen-bond donors (Lipinski definition) is 1. The van der Waals surface area contributed by atoms with Gasteiger partial charge in [-0.3, -0.25) is 4.90 Å². The summed E-state index contributed by atoms with van der Waals surface area (Å²) in [6.07, 6.45) is 2.06. The van der Waals surface area contributed by atoms with Crippen LogP contribution in [0.3, 0.4) is 0 Å². The number of ether oxygens (including phenoxy) is 2. The third-order valence-electron chi connectivity index (χ3n) is 6.38. The molecule has 0 unspecified atom stereocenters. The van der Waals surface area contributed by atoms with Crippen molar-refractivity contribution in [3.8, 4) is 6.01 Å². The molecule has 2 aromatic heterocycles. The summed E-state index contributed by atoms with van der Waals surface area (Å²) < 4.78 is 40.2. The largest absolute Gasteiger partial charge is 0.461 e. The number of alkyl halides is 1. The lowest BCUT2D eigenvalue weighted by atomic mass is 9.95. The Bertz CT molecular complexity index is 985. The molecular formula is C20H24ClF2N5O3. The van der Waals surface area contributed by atoms with E-state index in [-0.39, 0.29) is 42.0 Å². The summed E-state index contributed by atoms with van der Waals surface area (Å²) in [4.78, 5) is 16.6. The van der Waals surface area contributed by atoms with E-state index in [0.29, 0.717) is 37.3 Å². The van der Waals surface area contributed by atoms with Crippen molar-refractivity contribution < 1.29 is 23.4 Å². The predicted molar refractivity (Wildman–Crippen MR) is 110 cm³/mol. The first kappa shape index (κ1) is 21.0. The second-order valence-electron chi connectivity index (χ2n) is 8.49. The highest BCUT2D eigenvalue weighted by atomic mass is 35.5. The zero-order valence-electron chi connectivity index (χ0n) is 16.9. The molecule has 0 amide bonds. The van der Waals surface area contributed by atoms with Crippen molar-refractivity contribution in [3.05, 3.63) is 17.2 Å². The van der Waals surface area contributed by atoms with Crippen LogP contribution in [0.15, 0.2) is 6.20 Å². The van der Waals surface area contributed by atoms with E-state index in [1.165, 1.54) is 6.20 Å². The number of β-amino-alcohol motifs (C(OH)–C–C–N with tert-alkyl or cyclic N) is 1. The fourth-order valence-electron chi connectivity index (χ4n) is 4.94. The molecule has 3 aliphatic rings. The van der Waals surface area contributed by atoms with Crippen LogP contribution in [-0.4, -0.2) is 88.8 Å². The van der Waals surface area contributed by atoms with Crippen molar-refractivity contribution in [2.75, 3.05) is 50.9 Å². The van der Waals surface area contributed by atoms with Crippen LogP contribution in [0.1, 0.15) is 19.3 Å². The molecule has 0 spiro atoms. The van der Waals surface area contributed by atoms with Gasteiger partial charge >= 0.3 is 6.01 Å². The van der Waals surface area contributed by atoms with Gasteiger partial charge in [-0.25, -0.2) is 13.8 Å². The van der Waals surface area contributed by atoms with Gasteiger partial charge in [0.15, 0.2) is 11.0 Å². The van der Waals surface area contributed by atoms with Crippen LogP contribution in [-0.2, 0) is 4.74 Å². The second kappa shape index (κ2) is 8.23. The highest BCUT2D eigenvalue weighted by Crippen LogP contribution is 2.40. The maximum atomic E-state index is 14.8. The zero-order valence-corrected chi connectivity index (χ0v) is 17.7. The van der Waals surface area contributed by atoms with Crippen LogP contribution in [0.2, 0.25) is 5.15 Å². The van der Waals surface area contributed by atoms with Crippen LogP contribution in [0, 0.1) is 5.82 Å². The maximum absolute atomic E-state index is 14.8. The SMILES string of the molecule is O[C@@H]1COCCN(c2nc(OC[C@@]34CCCN3C[C@H](F)C4)nc3c(F)c(Cl)ncc23)C1. The minimum absolute atomic E-state index is 0.00442. The van der Waals surface area contributed by atoms with E-state index in [1.54, 1.807) is 4.90 Å². The Labute approximate surface area is 183 Å². The molecule has 5 heterocycles. The summed E-state index contributed by atoms with van der Waals surface area (Å²) in [6, 6.07) is -0.00754. The van der Waals surface area contributed by atoms with E-state index in [2.05, 4.69) is 19.9 Å². The number of aromatic nitrogens is 3. The van der Waals surface area contributed by atoms with Gasteiger partial charge in [0.2, 0.25) is 0 Å². The highest BCUT2D eigenvalue weighted by molar-refractivity contribution is 6.30. The minimum Gasteiger partial charge on any atom is -0.461 e. The average molecular weight is 456 g/mol. The number of halogens is 3. The van der Waals surface area contributed by atoms with Crippen molar-refractivity contribution in [2.45, 2.75) is 37.1 Å². The fraction of sp³-hybridized carbons (Fsp3) is 0.650. The van der Waals surface area contributed by atoms with Gasteiger partial charge in [-0.2, -0.15) is 9.97 Å². The van der Waals surface area contributed by atoms with E-state index in [4.69, 9.17) is 21.1 Å². The first-order valence-electron chi connectivity index (χ1n) is 10.5. The van der Waals surface area contributed by atoms with Gasteiger partial charge in [0.05, 0.1) is 30.2 Å². The average Bonchev–Trinajstić information content (AvgIpc) is 3.17. The molecule has 3 aliphatic heterocycles. The number of fused-ring (bicyclic) bond motifs is 2. The van der Waals surface area contributed by atoms with Crippen LogP contribution in [0.5, 0.6) is 6.01 Å². The second-order valence-corrected chi connectivity index (χ2v) is 8.85. The number of aliphatic hydroxyl groups excluding tert-OH is 1. The third-order valence-corrected chi connectivity index (χ3v) is 6.64. The van der Waals surface area contributed by atoms with Crippen LogP contribution < -0.4 is 9.64 Å². The Balaban J connectivity index is 1.50. The van der Waals surface area contributed by atoms with Crippen molar-refractivity contribution in [1.29, 1.82) is 0 Å². The molecule has 3 saturated heterocycles. The Morgan fingerprint density at radius 2 is 2.19 bits per heavy atom. The Kier molecular flexibility index (Phi) is 5.58. The Hall–Kier alpha value is -1.88. The molecular weight excluding hydrogens is 432 g/mol. The minimum atomic E-state index is -0.877. The van der Waals surface area contributed by atoms with Gasteiger partial charge in [0.25, 0.3) is 0 Å². The van der Waals surface area contributed by atoms with Crippen LogP contribution >= 0.6 is 11.6 Å². The molecule has 1 N–H and O–H groups in total. The van der Waals surface area contributed by atoms with E-state index in [9.17, 15) is 13.9 Å². The molecule has 31 heavy (non-hydrogen) atoms. The van der Waals surface area contributed by atoms with Gasteiger partial charge in [-0.15, -0.1) is 0 Å². The zero-order chi connectivity index (χ0) is 21.6. The summed E-state index contributed by atoms with van der Waals surface area (Å²) in [5.74, 6) is -0.368. The summed E-state index contributed by atoms with van der Waals surface area (Å²) in [6.45, 7) is 2.79. The van der Waals surface area contributed by atoms with Gasteiger partial charge in [0, 0.05) is 32.3 Å². The molecule has 3 fully saturated rings. The van der Waals surface area contributed by atoms with E-state index < -0.39 is 18.1 Å². The predicted octanol–water partition coefficient (Wildman–Crippen LogP) is 1.97. The molecule has 11 heteroatoms. The molecule has 0 radical (unpaired) electrons. The monoisotopic (exact) mass is 455 g/mol. The Morgan fingerprint density at radius 3 is 3.06 bits per heavy atom. The van der Waals surface area contributed by atoms with Gasteiger partial charge in [-0.05, 0) is 19.4 Å². The normalized spacial score (nSPS) is 29.4. The number of aliphatic hydroxyl groups is 1. The quantitative estimate of drug-likeness (QED) is 0.701. The van der Waals surface area contributed by atoms with Gasteiger partial charge in [-0.1, -0.05) is 11.6 Å². The number of hydrogen-bond acceptors (Lipinski definition) is 8. The first-order chi connectivity index (χ1) is 14.9. The molecule has 0 saturated carbocycles. The first-order valence-corrected chi connectivity index (χ1v) is 10.9. The number of pyridine rings is 1. The van der Waals surface area contributed by atoms with Crippen molar-refractivity contribution in [3.63, 3.8) is 0 Å². The summed E-state index contributed by atoms with van der Waals surface area (Å²) in [5, 5.41) is 10.2. The van der Waals surface area contributed by atoms with Crippen molar-refractivity contribution >= 4 is 28.3 Å². The lowest BCUT2D eigenvalue weighted by Crippen LogP contribution is -2.43. The van der Waals surface area contributed by atoms with Crippen molar-refractivity contribution in [2.24, 2.45) is 0 Å². The molecule has 0 aliphatic carbocycles. The molecule has 0 bridgehead atoms. The van der Waals surface area contributed by atoms with Crippen LogP contribution in [0.4, 0.5) is 14.6 Å². The summed E-state index contributed by atoms with van der Waals surface area (Å²) in [5.41, 5.74) is -0.380. The lowest BCUT2D eigenvalue weighted by molar-refractivity contribution is 0.0597. The standard InChI is InChI=1S/C20H24ClF2N5O3/c21-17-15(23)16-14(7-24-17)18(27-4-5-30-10-13(29)9-27)26-19(25-16)31-11-20-2-1-3-28(20)8-12(22)6-20/h7,12-13,29H,1-6,8-11H2/t12-,13+,20+/m1/s1. The summed E-state index contributed by atoms with van der Waals surface area (Å²) >= 11 is 5.89. The molecule has 0 aromatic carbocycles. The summed E-state index contributed by atoms with van der Waals surface area (Å²) in [7, 11) is 0. The van der Waals surface area contributed by atoms with E-state index >= 15 is 0 Å². The third kappa shape index (κ3) is 3.90. The van der Waals surface area contributed by atoms with E-state index in [0.717, 1.165) is 19.4 Å². The van der Waals surface area contributed by atoms with Crippen LogP contribution in [0.25, 0.3) is 10.9 Å². The fourth-order valence-corrected chi connectivity index (χ4v) is 5.08. The lowest BCUT2D eigenvalue weighted by Gasteiger charge is -2.31. The number of anilines is 1. The smallest absolute Gasteiger partial charge is 0.319 e. The number of rotatable bonds is 4. The molecule has 2 aromatic rings. The topological polar surface area (TPSA) is 83.8 Å². The molecule has 5 rings (SSSR count).